The first kappa shape index (κ1) is 12.8. The van der Waals surface area contributed by atoms with Crippen LogP contribution >= 0.6 is 11.3 Å². The van der Waals surface area contributed by atoms with Crippen LogP contribution in [0, 0.1) is 0 Å². The highest BCUT2D eigenvalue weighted by Crippen LogP contribution is 2.25. The maximum absolute atomic E-state index is 12.5. The van der Waals surface area contributed by atoms with E-state index in [1.807, 2.05) is 60.7 Å². The average Bonchev–Trinajstić information content (AvgIpc) is 3.08. The van der Waals surface area contributed by atoms with Crippen LogP contribution in [-0.2, 0) is 0 Å². The molecule has 2 N–H and O–H groups in total. The lowest BCUT2D eigenvalue weighted by atomic mass is 10.3. The van der Waals surface area contributed by atoms with Gasteiger partial charge in [0.2, 0.25) is 0 Å². The van der Waals surface area contributed by atoms with Crippen LogP contribution in [0.1, 0.15) is 0 Å². The van der Waals surface area contributed by atoms with E-state index in [0.29, 0.717) is 15.5 Å². The van der Waals surface area contributed by atoms with E-state index in [0.717, 1.165) is 11.4 Å². The van der Waals surface area contributed by atoms with Gasteiger partial charge in [-0.15, -0.1) is 0 Å². The first-order valence-corrected chi connectivity index (χ1v) is 7.62. The number of rotatable bonds is 3. The van der Waals surface area contributed by atoms with E-state index in [4.69, 9.17) is 0 Å². The lowest BCUT2D eigenvalue weighted by Gasteiger charge is -2.01. The number of nitrogens with one attached hydrogen (secondary N) is 2. The van der Waals surface area contributed by atoms with E-state index in [2.05, 4.69) is 15.4 Å². The summed E-state index contributed by atoms with van der Waals surface area (Å²) < 4.78 is 2.13. The zero-order chi connectivity index (χ0) is 14.9. The van der Waals surface area contributed by atoms with Crippen LogP contribution in [-0.4, -0.2) is 14.8 Å². The molecule has 4 rings (SSSR count). The van der Waals surface area contributed by atoms with E-state index in [9.17, 15) is 4.79 Å². The summed E-state index contributed by atoms with van der Waals surface area (Å²) >= 11 is 1.35. The molecule has 0 aliphatic rings. The minimum atomic E-state index is -0.0835. The summed E-state index contributed by atoms with van der Waals surface area (Å²) in [4.78, 5) is 16.9. The summed E-state index contributed by atoms with van der Waals surface area (Å²) in [6.07, 6.45) is 0. The standard InChI is InChI=1S/C16H12N4OS/c21-15-13-14(19-20(15)12-9-5-2-6-10-12)18-16(22-13)17-11-7-3-1-4-8-11/h1-10,19H,(H,17,18). The van der Waals surface area contributed by atoms with Crippen LogP contribution in [0.5, 0.6) is 0 Å². The van der Waals surface area contributed by atoms with Gasteiger partial charge in [0.25, 0.3) is 5.56 Å². The van der Waals surface area contributed by atoms with Gasteiger partial charge in [-0.25, -0.2) is 9.67 Å². The van der Waals surface area contributed by atoms with Crippen LogP contribution in [0.2, 0.25) is 0 Å². The highest BCUT2D eigenvalue weighted by molar-refractivity contribution is 7.22. The van der Waals surface area contributed by atoms with Gasteiger partial charge in [0, 0.05) is 5.69 Å². The third kappa shape index (κ3) is 2.19. The van der Waals surface area contributed by atoms with Gasteiger partial charge in [-0.3, -0.25) is 9.89 Å². The molecule has 0 aliphatic heterocycles. The predicted molar refractivity (Wildman–Crippen MR) is 89.3 cm³/mol. The average molecular weight is 308 g/mol. The first-order valence-electron chi connectivity index (χ1n) is 6.80. The molecule has 2 aromatic heterocycles. The number of aromatic amines is 1. The molecule has 22 heavy (non-hydrogen) atoms. The molecule has 5 nitrogen and oxygen atoms in total. The highest BCUT2D eigenvalue weighted by Gasteiger charge is 2.13. The molecule has 0 saturated heterocycles. The van der Waals surface area contributed by atoms with Gasteiger partial charge in [0.05, 0.1) is 5.69 Å². The molecule has 0 fully saturated rings. The van der Waals surface area contributed by atoms with Crippen LogP contribution in [0.3, 0.4) is 0 Å². The zero-order valence-electron chi connectivity index (χ0n) is 11.5. The zero-order valence-corrected chi connectivity index (χ0v) is 12.3. The van der Waals surface area contributed by atoms with Crippen molar-refractivity contribution in [3.63, 3.8) is 0 Å². The third-order valence-electron chi connectivity index (χ3n) is 3.28. The molecule has 2 heterocycles. The number of benzene rings is 2. The summed E-state index contributed by atoms with van der Waals surface area (Å²) in [5.74, 6) is 0. The number of anilines is 2. The number of hydrogen-bond acceptors (Lipinski definition) is 4. The molecule has 0 amide bonds. The summed E-state index contributed by atoms with van der Waals surface area (Å²) in [6.45, 7) is 0. The molecule has 0 unspecified atom stereocenters. The largest absolute Gasteiger partial charge is 0.331 e. The molecule has 0 saturated carbocycles. The quantitative estimate of drug-likeness (QED) is 0.608. The second kappa shape index (κ2) is 5.16. The Labute approximate surface area is 129 Å². The second-order valence-corrected chi connectivity index (χ2v) is 5.77. The molecule has 0 spiro atoms. The number of para-hydroxylation sites is 2. The molecular formula is C16H12N4OS. The first-order chi connectivity index (χ1) is 10.8. The van der Waals surface area contributed by atoms with E-state index >= 15 is 0 Å². The summed E-state index contributed by atoms with van der Waals surface area (Å²) in [5.41, 5.74) is 2.26. The minimum absolute atomic E-state index is 0.0835. The number of nitrogens with zero attached hydrogens (tertiary/aromatic N) is 2. The molecule has 0 aliphatic carbocycles. The number of fused-ring (bicyclic) bond motifs is 1. The van der Waals surface area contributed by atoms with E-state index in [1.165, 1.54) is 16.0 Å². The summed E-state index contributed by atoms with van der Waals surface area (Å²) in [7, 11) is 0. The Morgan fingerprint density at radius 3 is 2.36 bits per heavy atom. The van der Waals surface area contributed by atoms with Crippen molar-refractivity contribution in [3.05, 3.63) is 71.0 Å². The lowest BCUT2D eigenvalue weighted by molar-refractivity contribution is 0.858. The Morgan fingerprint density at radius 2 is 1.68 bits per heavy atom. The van der Waals surface area contributed by atoms with Gasteiger partial charge in [0.15, 0.2) is 10.8 Å². The van der Waals surface area contributed by atoms with Gasteiger partial charge < -0.3 is 5.32 Å². The third-order valence-corrected chi connectivity index (χ3v) is 4.24. The van der Waals surface area contributed by atoms with Crippen molar-refractivity contribution < 1.29 is 0 Å². The van der Waals surface area contributed by atoms with Crippen molar-refractivity contribution in [1.82, 2.24) is 14.8 Å². The van der Waals surface area contributed by atoms with Crippen LogP contribution in [0.4, 0.5) is 10.8 Å². The fourth-order valence-electron chi connectivity index (χ4n) is 2.26. The van der Waals surface area contributed by atoms with Crippen molar-refractivity contribution in [2.24, 2.45) is 0 Å². The van der Waals surface area contributed by atoms with Crippen molar-refractivity contribution in [2.45, 2.75) is 0 Å². The highest BCUT2D eigenvalue weighted by atomic mass is 32.1. The summed E-state index contributed by atoms with van der Waals surface area (Å²) in [6, 6.07) is 19.2. The predicted octanol–water partition coefficient (Wildman–Crippen LogP) is 3.52. The van der Waals surface area contributed by atoms with Crippen molar-refractivity contribution >= 4 is 32.5 Å². The Morgan fingerprint density at radius 1 is 1.00 bits per heavy atom. The number of H-pyrrole nitrogens is 1. The minimum Gasteiger partial charge on any atom is -0.331 e. The van der Waals surface area contributed by atoms with Crippen LogP contribution < -0.4 is 10.9 Å². The Hall–Kier alpha value is -2.86. The topological polar surface area (TPSA) is 62.7 Å². The molecule has 0 radical (unpaired) electrons. The van der Waals surface area contributed by atoms with E-state index in [-0.39, 0.29) is 5.56 Å². The molecule has 108 valence electrons. The molecule has 0 atom stereocenters. The van der Waals surface area contributed by atoms with Gasteiger partial charge in [0.1, 0.15) is 4.70 Å². The SMILES string of the molecule is O=c1c2sc(Nc3ccccc3)nc2[nH]n1-c1ccccc1. The Bertz CT molecular complexity index is 970. The van der Waals surface area contributed by atoms with Crippen molar-refractivity contribution in [2.75, 3.05) is 5.32 Å². The number of hydrogen-bond donors (Lipinski definition) is 2. The van der Waals surface area contributed by atoms with Gasteiger partial charge in [-0.1, -0.05) is 47.7 Å². The maximum Gasteiger partial charge on any atom is 0.291 e. The van der Waals surface area contributed by atoms with Gasteiger partial charge in [-0.2, -0.15) is 0 Å². The maximum atomic E-state index is 12.5. The smallest absolute Gasteiger partial charge is 0.291 e. The lowest BCUT2D eigenvalue weighted by Crippen LogP contribution is -2.13. The fraction of sp³-hybridized carbons (Fsp3) is 0. The van der Waals surface area contributed by atoms with Crippen LogP contribution in [0.15, 0.2) is 65.5 Å². The van der Waals surface area contributed by atoms with Crippen LogP contribution in [0.25, 0.3) is 16.0 Å². The Balaban J connectivity index is 1.73. The number of aromatic nitrogens is 3. The molecule has 0 bridgehead atoms. The monoisotopic (exact) mass is 308 g/mol. The van der Waals surface area contributed by atoms with E-state index in [1.54, 1.807) is 0 Å². The van der Waals surface area contributed by atoms with Gasteiger partial charge >= 0.3 is 0 Å². The molecular weight excluding hydrogens is 296 g/mol. The van der Waals surface area contributed by atoms with E-state index < -0.39 is 0 Å². The molecule has 6 heteroatoms. The number of thiazole rings is 1. The molecule has 4 aromatic rings. The fourth-order valence-corrected chi connectivity index (χ4v) is 3.12. The van der Waals surface area contributed by atoms with Crippen molar-refractivity contribution in [3.8, 4) is 5.69 Å². The Kier molecular flexibility index (Phi) is 3.01. The summed E-state index contributed by atoms with van der Waals surface area (Å²) in [5, 5.41) is 6.95. The normalized spacial score (nSPS) is 10.9. The second-order valence-electron chi connectivity index (χ2n) is 4.78. The van der Waals surface area contributed by atoms with Gasteiger partial charge in [-0.05, 0) is 24.3 Å². The van der Waals surface area contributed by atoms with Crippen molar-refractivity contribution in [1.29, 1.82) is 0 Å². The molecule has 2 aromatic carbocycles.